The minimum atomic E-state index is -3.05. The average Bonchev–Trinajstić information content (AvgIpc) is 2.29. The molecule has 0 spiro atoms. The maximum absolute atomic E-state index is 12.2. The molecule has 0 bridgehead atoms. The van der Waals surface area contributed by atoms with Crippen LogP contribution in [0.2, 0.25) is 0 Å². The fraction of sp³-hybridized carbons (Fsp3) is 1.00. The first-order valence-electron chi connectivity index (χ1n) is 6.47. The van der Waals surface area contributed by atoms with Crippen LogP contribution in [0.25, 0.3) is 0 Å². The number of hydrogen-bond acceptors (Lipinski definition) is 4. The molecular formula is C12H25NO3S. The lowest BCUT2D eigenvalue weighted by Gasteiger charge is -2.33. The zero-order valence-corrected chi connectivity index (χ0v) is 11.7. The van der Waals surface area contributed by atoms with Crippen molar-refractivity contribution in [1.82, 2.24) is 0 Å². The Morgan fingerprint density at radius 3 is 2.65 bits per heavy atom. The van der Waals surface area contributed by atoms with Crippen LogP contribution in [0.3, 0.4) is 0 Å². The Bertz CT molecular complexity index is 316. The lowest BCUT2D eigenvalue weighted by Crippen LogP contribution is -2.46. The molecule has 0 aromatic rings. The van der Waals surface area contributed by atoms with Gasteiger partial charge in [0.25, 0.3) is 0 Å². The molecule has 0 amide bonds. The first kappa shape index (κ1) is 14.9. The lowest BCUT2D eigenvalue weighted by atomic mass is 9.84. The van der Waals surface area contributed by atoms with Crippen molar-refractivity contribution in [3.05, 3.63) is 0 Å². The fourth-order valence-corrected chi connectivity index (χ4v) is 4.63. The van der Waals surface area contributed by atoms with Gasteiger partial charge in [0, 0.05) is 19.8 Å². The molecule has 2 N–H and O–H groups in total. The molecule has 3 atom stereocenters. The SMILES string of the molecule is CCC1CCC(N)C(S(=O)(=O)CCCOC)C1. The van der Waals surface area contributed by atoms with E-state index in [1.807, 2.05) is 0 Å². The highest BCUT2D eigenvalue weighted by atomic mass is 32.2. The molecule has 5 heteroatoms. The topological polar surface area (TPSA) is 69.4 Å². The molecule has 17 heavy (non-hydrogen) atoms. The van der Waals surface area contributed by atoms with E-state index in [2.05, 4.69) is 6.92 Å². The second-order valence-corrected chi connectivity index (χ2v) is 7.34. The predicted molar refractivity (Wildman–Crippen MR) is 69.7 cm³/mol. The average molecular weight is 263 g/mol. The molecule has 0 heterocycles. The Balaban J connectivity index is 2.61. The van der Waals surface area contributed by atoms with Crippen molar-refractivity contribution in [2.75, 3.05) is 19.5 Å². The minimum Gasteiger partial charge on any atom is -0.385 e. The number of rotatable bonds is 6. The molecule has 4 nitrogen and oxygen atoms in total. The van der Waals surface area contributed by atoms with Gasteiger partial charge in [-0.1, -0.05) is 13.3 Å². The van der Waals surface area contributed by atoms with E-state index in [9.17, 15) is 8.42 Å². The summed E-state index contributed by atoms with van der Waals surface area (Å²) < 4.78 is 29.3. The molecule has 0 aliphatic heterocycles. The van der Waals surface area contributed by atoms with Gasteiger partial charge in [0.2, 0.25) is 0 Å². The van der Waals surface area contributed by atoms with Gasteiger partial charge < -0.3 is 10.5 Å². The maximum atomic E-state index is 12.2. The van der Waals surface area contributed by atoms with Gasteiger partial charge in [-0.3, -0.25) is 0 Å². The maximum Gasteiger partial charge on any atom is 0.154 e. The van der Waals surface area contributed by atoms with Gasteiger partial charge in [0.1, 0.15) is 0 Å². The first-order valence-corrected chi connectivity index (χ1v) is 8.19. The minimum absolute atomic E-state index is 0.176. The van der Waals surface area contributed by atoms with Crippen LogP contribution in [0.1, 0.15) is 39.0 Å². The summed E-state index contributed by atoms with van der Waals surface area (Å²) in [6.07, 6.45) is 4.27. The van der Waals surface area contributed by atoms with E-state index < -0.39 is 9.84 Å². The van der Waals surface area contributed by atoms with Crippen molar-refractivity contribution in [3.63, 3.8) is 0 Å². The lowest BCUT2D eigenvalue weighted by molar-refractivity contribution is 0.199. The van der Waals surface area contributed by atoms with Crippen LogP contribution in [0.15, 0.2) is 0 Å². The molecule has 1 saturated carbocycles. The highest BCUT2D eigenvalue weighted by molar-refractivity contribution is 7.92. The predicted octanol–water partition coefficient (Wildman–Crippen LogP) is 1.34. The van der Waals surface area contributed by atoms with Gasteiger partial charge in [-0.05, 0) is 31.6 Å². The van der Waals surface area contributed by atoms with Crippen LogP contribution in [0.4, 0.5) is 0 Å². The van der Waals surface area contributed by atoms with Gasteiger partial charge in [-0.15, -0.1) is 0 Å². The van der Waals surface area contributed by atoms with Crippen LogP contribution in [-0.4, -0.2) is 39.2 Å². The highest BCUT2D eigenvalue weighted by Gasteiger charge is 2.36. The number of ether oxygens (including phenoxy) is 1. The second kappa shape index (κ2) is 6.71. The van der Waals surface area contributed by atoms with E-state index in [1.54, 1.807) is 7.11 Å². The van der Waals surface area contributed by atoms with E-state index in [0.29, 0.717) is 18.9 Å². The molecule has 1 fully saturated rings. The number of hydrogen-bond donors (Lipinski definition) is 1. The van der Waals surface area contributed by atoms with Crippen LogP contribution in [0.5, 0.6) is 0 Å². The monoisotopic (exact) mass is 263 g/mol. The van der Waals surface area contributed by atoms with E-state index in [4.69, 9.17) is 10.5 Å². The quantitative estimate of drug-likeness (QED) is 0.734. The molecule has 0 aromatic heterocycles. The Morgan fingerprint density at radius 2 is 2.06 bits per heavy atom. The Hall–Kier alpha value is -0.130. The Kier molecular flexibility index (Phi) is 5.89. The third kappa shape index (κ3) is 4.23. The molecule has 102 valence electrons. The zero-order valence-electron chi connectivity index (χ0n) is 10.9. The van der Waals surface area contributed by atoms with Crippen LogP contribution < -0.4 is 5.73 Å². The van der Waals surface area contributed by atoms with Gasteiger partial charge in [-0.25, -0.2) is 8.42 Å². The molecule has 1 rings (SSSR count). The van der Waals surface area contributed by atoms with Crippen molar-refractivity contribution in [2.45, 2.75) is 50.3 Å². The van der Waals surface area contributed by atoms with Crippen molar-refractivity contribution in [1.29, 1.82) is 0 Å². The molecule has 1 aliphatic rings. The summed E-state index contributed by atoms with van der Waals surface area (Å²) in [5.74, 6) is 0.729. The molecule has 0 radical (unpaired) electrons. The number of nitrogens with two attached hydrogens (primary N) is 1. The summed E-state index contributed by atoms with van der Waals surface area (Å²) in [5, 5.41) is -0.335. The van der Waals surface area contributed by atoms with E-state index in [-0.39, 0.29) is 17.0 Å². The van der Waals surface area contributed by atoms with Crippen LogP contribution in [-0.2, 0) is 14.6 Å². The molecule has 3 unspecified atom stereocenters. The standard InChI is InChI=1S/C12H25NO3S/c1-3-10-5-6-11(13)12(9-10)17(14,15)8-4-7-16-2/h10-12H,3-9,13H2,1-2H3. The first-order chi connectivity index (χ1) is 8.01. The van der Waals surface area contributed by atoms with Gasteiger partial charge >= 0.3 is 0 Å². The normalized spacial score (nSPS) is 30.4. The summed E-state index contributed by atoms with van der Waals surface area (Å²) in [5.41, 5.74) is 5.98. The molecule has 1 aliphatic carbocycles. The summed E-state index contributed by atoms with van der Waals surface area (Å²) >= 11 is 0. The number of sulfone groups is 1. The van der Waals surface area contributed by atoms with Crippen LogP contribution >= 0.6 is 0 Å². The third-order valence-electron chi connectivity index (χ3n) is 3.77. The third-order valence-corrected chi connectivity index (χ3v) is 6.09. The smallest absolute Gasteiger partial charge is 0.154 e. The van der Waals surface area contributed by atoms with Crippen molar-refractivity contribution in [2.24, 2.45) is 11.7 Å². The largest absolute Gasteiger partial charge is 0.385 e. The fourth-order valence-electron chi connectivity index (χ4n) is 2.57. The Morgan fingerprint density at radius 1 is 1.35 bits per heavy atom. The van der Waals surface area contributed by atoms with Gasteiger partial charge in [-0.2, -0.15) is 0 Å². The van der Waals surface area contributed by atoms with E-state index in [0.717, 1.165) is 25.7 Å². The van der Waals surface area contributed by atoms with Crippen molar-refractivity contribution in [3.8, 4) is 0 Å². The van der Waals surface area contributed by atoms with Gasteiger partial charge in [0.05, 0.1) is 11.0 Å². The van der Waals surface area contributed by atoms with E-state index >= 15 is 0 Å². The second-order valence-electron chi connectivity index (χ2n) is 5.00. The summed E-state index contributed by atoms with van der Waals surface area (Å²) in [6.45, 7) is 2.62. The van der Waals surface area contributed by atoms with Gasteiger partial charge in [0.15, 0.2) is 9.84 Å². The molecular weight excluding hydrogens is 238 g/mol. The molecule has 0 aromatic carbocycles. The zero-order chi connectivity index (χ0) is 12.9. The number of methoxy groups -OCH3 is 1. The Labute approximate surface area is 105 Å². The summed E-state index contributed by atoms with van der Waals surface area (Å²) in [7, 11) is -1.46. The summed E-state index contributed by atoms with van der Waals surface area (Å²) in [4.78, 5) is 0. The van der Waals surface area contributed by atoms with E-state index in [1.165, 1.54) is 0 Å². The van der Waals surface area contributed by atoms with Crippen LogP contribution in [0, 0.1) is 5.92 Å². The van der Waals surface area contributed by atoms with Crippen molar-refractivity contribution < 1.29 is 13.2 Å². The summed E-state index contributed by atoms with van der Waals surface area (Å²) in [6, 6.07) is -0.176. The highest BCUT2D eigenvalue weighted by Crippen LogP contribution is 2.30. The van der Waals surface area contributed by atoms with Crippen molar-refractivity contribution >= 4 is 9.84 Å². The molecule has 0 saturated heterocycles.